The monoisotopic (exact) mass is 487 g/mol. The Hall–Kier alpha value is -1.45. The number of carbonyl (C=O) groups is 2. The van der Waals surface area contributed by atoms with Crippen molar-refractivity contribution < 1.29 is 56.9 Å². The van der Waals surface area contributed by atoms with Gasteiger partial charge in [0.25, 0.3) is 0 Å². The molecule has 0 aliphatic heterocycles. The zero-order valence-electron chi connectivity index (χ0n) is 20.7. The van der Waals surface area contributed by atoms with Gasteiger partial charge < -0.3 is 14.6 Å². The van der Waals surface area contributed by atoms with Crippen molar-refractivity contribution in [1.82, 2.24) is 5.32 Å². The molecule has 33 heavy (non-hydrogen) atoms. The molecular weight excluding hydrogens is 453 g/mol. The molecule has 0 fully saturated rings. The topological polar surface area (TPSA) is 113 Å². The van der Waals surface area contributed by atoms with E-state index in [0.717, 1.165) is 19.1 Å². The Morgan fingerprint density at radius 1 is 1.21 bits per heavy atom. The molecule has 0 saturated heterocycles. The predicted octanol–water partition coefficient (Wildman–Crippen LogP) is 0.725. The van der Waals surface area contributed by atoms with Gasteiger partial charge in [0.15, 0.2) is 0 Å². The molecule has 1 rings (SSSR count). The molecule has 1 unspecified atom stereocenters. The number of ether oxygens (including phenoxy) is 1. The molecule has 0 bridgehead atoms. The van der Waals surface area contributed by atoms with Crippen LogP contribution in [-0.4, -0.2) is 43.8 Å². The normalized spacial score (nSPS) is 18.3. The number of nitrogens with one attached hydrogen (secondary N) is 1. The summed E-state index contributed by atoms with van der Waals surface area (Å²) in [7, 11) is -3.68. The van der Waals surface area contributed by atoms with Crippen molar-refractivity contribution in [3.05, 3.63) is 58.7 Å². The number of hydrogen-bond acceptors (Lipinski definition) is 6. The summed E-state index contributed by atoms with van der Waals surface area (Å²) in [6.07, 6.45) is 14.4. The number of hydrogen-bond donors (Lipinski definition) is 1. The summed E-state index contributed by atoms with van der Waals surface area (Å²) in [4.78, 5) is 23.7. The molecule has 9 heteroatoms. The molecule has 0 saturated carbocycles. The molecule has 0 heterocycles. The second-order valence-corrected chi connectivity index (χ2v) is 10.2. The summed E-state index contributed by atoms with van der Waals surface area (Å²) in [5, 5.41) is 2.19. The fourth-order valence-corrected chi connectivity index (χ4v) is 4.24. The molecule has 7 nitrogen and oxygen atoms in total. The van der Waals surface area contributed by atoms with Crippen LogP contribution in [0.4, 0.5) is 0 Å². The van der Waals surface area contributed by atoms with Crippen LogP contribution in [0.2, 0.25) is 0 Å². The average molecular weight is 488 g/mol. The van der Waals surface area contributed by atoms with Crippen LogP contribution in [0.5, 0.6) is 0 Å². The second kappa shape index (κ2) is 14.1. The molecule has 1 aliphatic carbocycles. The molecule has 178 valence electrons. The van der Waals surface area contributed by atoms with Crippen LogP contribution in [0.25, 0.3) is 0 Å². The first kappa shape index (κ1) is 31.6. The summed E-state index contributed by atoms with van der Waals surface area (Å²) >= 11 is 0. The summed E-state index contributed by atoms with van der Waals surface area (Å²) in [5.41, 5.74) is 4.62. The number of esters is 1. The zero-order chi connectivity index (χ0) is 24.5. The molecule has 1 aliphatic rings. The average Bonchev–Trinajstić information content (AvgIpc) is 2.64. The number of allylic oxidation sites excluding steroid dienone is 9. The second-order valence-electron chi connectivity index (χ2n) is 8.73. The van der Waals surface area contributed by atoms with E-state index in [2.05, 4.69) is 43.0 Å². The van der Waals surface area contributed by atoms with Gasteiger partial charge in [0, 0.05) is 6.08 Å². The third-order valence-electron chi connectivity index (χ3n) is 5.31. The van der Waals surface area contributed by atoms with Crippen LogP contribution in [-0.2, 0) is 24.4 Å². The van der Waals surface area contributed by atoms with E-state index >= 15 is 0 Å². The molecule has 0 radical (unpaired) electrons. The van der Waals surface area contributed by atoms with Crippen molar-refractivity contribution in [2.24, 2.45) is 5.41 Å². The van der Waals surface area contributed by atoms with Crippen molar-refractivity contribution in [1.29, 1.82) is 0 Å². The van der Waals surface area contributed by atoms with E-state index in [4.69, 9.17) is 0 Å². The molecular formula is C24H34NNaO6S. The molecule has 0 spiro atoms. The summed E-state index contributed by atoms with van der Waals surface area (Å²) in [6.45, 7) is 10.4. The Morgan fingerprint density at radius 2 is 1.85 bits per heavy atom. The van der Waals surface area contributed by atoms with Gasteiger partial charge in [0.05, 0.1) is 23.0 Å². The molecule has 0 aromatic rings. The Labute approximate surface area is 220 Å². The van der Waals surface area contributed by atoms with Crippen LogP contribution in [0.15, 0.2) is 58.7 Å². The number of amides is 1. The third kappa shape index (κ3) is 12.0. The number of methoxy groups -OCH3 is 1. The maximum Gasteiger partial charge on any atom is 1.00 e. The minimum absolute atomic E-state index is 0. The number of carbonyl (C=O) groups excluding carboxylic acids is 2. The summed E-state index contributed by atoms with van der Waals surface area (Å²) < 4.78 is 37.2. The van der Waals surface area contributed by atoms with E-state index in [0.29, 0.717) is 5.57 Å². The van der Waals surface area contributed by atoms with Crippen LogP contribution < -0.4 is 34.9 Å². The van der Waals surface area contributed by atoms with Gasteiger partial charge in [0.2, 0.25) is 5.91 Å². The van der Waals surface area contributed by atoms with Crippen LogP contribution >= 0.6 is 0 Å². The van der Waals surface area contributed by atoms with E-state index in [1.807, 2.05) is 13.0 Å². The summed E-state index contributed by atoms with van der Waals surface area (Å²) in [6, 6.07) is -1.56. The van der Waals surface area contributed by atoms with E-state index in [-0.39, 0.29) is 35.0 Å². The fourth-order valence-electron chi connectivity index (χ4n) is 3.62. The maximum atomic E-state index is 12.1. The Balaban J connectivity index is 0.0000102. The van der Waals surface area contributed by atoms with Gasteiger partial charge >= 0.3 is 35.5 Å². The van der Waals surface area contributed by atoms with Crippen LogP contribution in [0.1, 0.15) is 53.9 Å². The van der Waals surface area contributed by atoms with E-state index in [1.54, 1.807) is 19.1 Å². The minimum Gasteiger partial charge on any atom is -0.748 e. The predicted molar refractivity (Wildman–Crippen MR) is 125 cm³/mol. The van der Waals surface area contributed by atoms with Crippen LogP contribution in [0, 0.1) is 5.41 Å². The smallest absolute Gasteiger partial charge is 0.748 e. The standard InChI is InChI=1S/C24H35NO6S.Na/c1-17(12-13-20-19(3)11-8-14-24(20,4)5)9-7-10-18(2)15-22(26)25-21(23(27)31-6)16-32(28,29)30;/h7,9-10,12-13,15,21H,8,11,14,16H2,1-6H3,(H,25,26)(H,28,29,30);/q;+1/p-1/b10-7+,13-12+,17-9+,18-15+;. The van der Waals surface area contributed by atoms with Gasteiger partial charge in [-0.25, -0.2) is 13.2 Å². The van der Waals surface area contributed by atoms with E-state index < -0.39 is 33.8 Å². The largest absolute Gasteiger partial charge is 1.00 e. The van der Waals surface area contributed by atoms with E-state index in [9.17, 15) is 22.6 Å². The van der Waals surface area contributed by atoms with E-state index in [1.165, 1.54) is 30.1 Å². The first-order chi connectivity index (χ1) is 14.7. The maximum absolute atomic E-state index is 12.1. The third-order valence-corrected chi connectivity index (χ3v) is 6.05. The first-order valence-corrected chi connectivity index (χ1v) is 12.1. The van der Waals surface area contributed by atoms with Crippen LogP contribution in [0.3, 0.4) is 0 Å². The molecule has 0 aromatic carbocycles. The van der Waals surface area contributed by atoms with Crippen molar-refractivity contribution >= 4 is 22.0 Å². The Bertz CT molecular complexity index is 971. The molecule has 1 amide bonds. The van der Waals surface area contributed by atoms with Gasteiger partial charge in [-0.15, -0.1) is 0 Å². The minimum atomic E-state index is -4.72. The zero-order valence-corrected chi connectivity index (χ0v) is 23.5. The SMILES string of the molecule is COC(=O)C(CS(=O)(=O)[O-])NC(=O)/C=C(C)/C=C/C=C(C)/C=C/C1=C(C)CCCC1(C)C.[Na+]. The molecule has 1 N–H and O–H groups in total. The van der Waals surface area contributed by atoms with Crippen molar-refractivity contribution in [2.75, 3.05) is 12.9 Å². The van der Waals surface area contributed by atoms with Gasteiger partial charge in [-0.1, -0.05) is 55.4 Å². The summed E-state index contributed by atoms with van der Waals surface area (Å²) in [5.74, 6) is -2.78. The molecule has 1 atom stereocenters. The van der Waals surface area contributed by atoms with Gasteiger partial charge in [-0.05, 0) is 56.6 Å². The van der Waals surface area contributed by atoms with Gasteiger partial charge in [-0.2, -0.15) is 0 Å². The molecule has 0 aromatic heterocycles. The quantitative estimate of drug-likeness (QED) is 0.169. The Kier molecular flexibility index (Phi) is 13.4. The fraction of sp³-hybridized carbons (Fsp3) is 0.500. The first-order valence-electron chi connectivity index (χ1n) is 10.5. The van der Waals surface area contributed by atoms with Gasteiger partial charge in [-0.3, -0.25) is 4.79 Å². The van der Waals surface area contributed by atoms with Gasteiger partial charge in [0.1, 0.15) is 6.04 Å². The Morgan fingerprint density at radius 3 is 2.39 bits per heavy atom. The number of rotatable bonds is 9. The van der Waals surface area contributed by atoms with Crippen molar-refractivity contribution in [3.63, 3.8) is 0 Å². The van der Waals surface area contributed by atoms with Crippen molar-refractivity contribution in [2.45, 2.75) is 59.9 Å². The van der Waals surface area contributed by atoms with Crippen molar-refractivity contribution in [3.8, 4) is 0 Å².